The fourth-order valence-electron chi connectivity index (χ4n) is 2.22. The second-order valence-electron chi connectivity index (χ2n) is 6.49. The van der Waals surface area contributed by atoms with Gasteiger partial charge in [-0.15, -0.1) is 0 Å². The summed E-state index contributed by atoms with van der Waals surface area (Å²) in [5, 5.41) is 13.0. The number of thioether (sulfide) groups is 1. The van der Waals surface area contributed by atoms with E-state index in [1.54, 1.807) is 0 Å². The molecule has 2 aromatic rings. The summed E-state index contributed by atoms with van der Waals surface area (Å²) < 4.78 is 25.4. The molecule has 0 saturated carbocycles. The summed E-state index contributed by atoms with van der Waals surface area (Å²) in [4.78, 5) is 12.7. The van der Waals surface area contributed by atoms with Gasteiger partial charge in [0.15, 0.2) is 5.16 Å². The third kappa shape index (κ3) is 6.96. The first-order chi connectivity index (χ1) is 12.7. The summed E-state index contributed by atoms with van der Waals surface area (Å²) in [6.07, 6.45) is 1.04. The molecule has 1 unspecified atom stereocenters. The van der Waals surface area contributed by atoms with Gasteiger partial charge in [0, 0.05) is 5.25 Å². The van der Waals surface area contributed by atoms with E-state index >= 15 is 0 Å². The molecule has 2 atom stereocenters. The van der Waals surface area contributed by atoms with Crippen molar-refractivity contribution in [2.75, 3.05) is 22.9 Å². The Balaban J connectivity index is 2.31. The van der Waals surface area contributed by atoms with E-state index in [4.69, 9.17) is 0 Å². The molecule has 10 heteroatoms. The topological polar surface area (TPSA) is 117 Å². The second kappa shape index (κ2) is 9.34. The van der Waals surface area contributed by atoms with Crippen LogP contribution in [0.2, 0.25) is 0 Å². The zero-order valence-electron chi connectivity index (χ0n) is 15.7. The largest absolute Gasteiger partial charge is 0.394 e. The van der Waals surface area contributed by atoms with Crippen LogP contribution in [0.4, 0.5) is 11.9 Å². The Kier molecular flexibility index (Phi) is 7.40. The number of benzene rings is 1. The van der Waals surface area contributed by atoms with Gasteiger partial charge in [0.1, 0.15) is 0 Å². The lowest BCUT2D eigenvalue weighted by atomic mass is 10.1. The number of anilines is 2. The number of aromatic nitrogens is 3. The molecule has 0 fully saturated rings. The maximum atomic E-state index is 11.6. The molecule has 8 nitrogen and oxygen atoms in total. The van der Waals surface area contributed by atoms with Crippen LogP contribution in [0.3, 0.4) is 0 Å². The number of rotatable bonds is 9. The lowest BCUT2D eigenvalue weighted by Crippen LogP contribution is -2.30. The molecule has 1 heterocycles. The van der Waals surface area contributed by atoms with Crippen molar-refractivity contribution in [1.29, 1.82) is 0 Å². The van der Waals surface area contributed by atoms with Gasteiger partial charge >= 0.3 is 0 Å². The van der Waals surface area contributed by atoms with E-state index in [2.05, 4.69) is 25.0 Å². The molecule has 0 spiro atoms. The van der Waals surface area contributed by atoms with Crippen molar-refractivity contribution in [3.63, 3.8) is 0 Å². The first kappa shape index (κ1) is 21.4. The Morgan fingerprint density at radius 3 is 2.26 bits per heavy atom. The molecule has 0 aliphatic rings. The molecule has 0 radical (unpaired) electrons. The van der Waals surface area contributed by atoms with Crippen LogP contribution in [0.5, 0.6) is 0 Å². The highest BCUT2D eigenvalue weighted by Crippen LogP contribution is 2.33. The van der Waals surface area contributed by atoms with Gasteiger partial charge in [-0.05, 0) is 18.4 Å². The first-order valence-electron chi connectivity index (χ1n) is 8.51. The Morgan fingerprint density at radius 2 is 1.70 bits per heavy atom. The number of nitrogens with zero attached hydrogens (tertiary/aromatic N) is 3. The van der Waals surface area contributed by atoms with Crippen molar-refractivity contribution in [3.8, 4) is 0 Å². The van der Waals surface area contributed by atoms with E-state index < -0.39 is 10.0 Å². The minimum Gasteiger partial charge on any atom is -0.394 e. The second-order valence-corrected chi connectivity index (χ2v) is 9.54. The van der Waals surface area contributed by atoms with Crippen LogP contribution in [-0.2, 0) is 10.0 Å². The number of nitrogens with one attached hydrogen (secondary N) is 2. The zero-order valence-corrected chi connectivity index (χ0v) is 17.4. The van der Waals surface area contributed by atoms with E-state index in [-0.39, 0.29) is 35.7 Å². The Labute approximate surface area is 164 Å². The standard InChI is InChI=1S/C17H25N5O3S2/c1-11(2)14(10-23)18-15-19-16(22-27(4,24)25)21-17(20-15)26-12(3)13-8-6-5-7-9-13/h5-9,11-12,14,23H,10H2,1-4H3,(H2,18,19,20,21,22)/t12?,14-/m0/s1. The van der Waals surface area contributed by atoms with Gasteiger partial charge in [-0.25, -0.2) is 8.42 Å². The highest BCUT2D eigenvalue weighted by molar-refractivity contribution is 7.99. The summed E-state index contributed by atoms with van der Waals surface area (Å²) in [5.41, 5.74) is 1.10. The molecule has 3 N–H and O–H groups in total. The maximum Gasteiger partial charge on any atom is 0.242 e. The molecular formula is C17H25N5O3S2. The van der Waals surface area contributed by atoms with Crippen molar-refractivity contribution in [2.24, 2.45) is 5.92 Å². The molecule has 1 aromatic carbocycles. The van der Waals surface area contributed by atoms with Crippen molar-refractivity contribution in [2.45, 2.75) is 37.2 Å². The predicted octanol–water partition coefficient (Wildman–Crippen LogP) is 2.53. The van der Waals surface area contributed by atoms with Gasteiger partial charge in [0.2, 0.25) is 21.9 Å². The molecule has 0 bridgehead atoms. The SMILES string of the molecule is CC(Sc1nc(N[C@@H](CO)C(C)C)nc(NS(C)(=O)=O)n1)c1ccccc1. The minimum atomic E-state index is -3.53. The van der Waals surface area contributed by atoms with Gasteiger partial charge in [0.05, 0.1) is 18.9 Å². The molecule has 0 aliphatic carbocycles. The van der Waals surface area contributed by atoms with Crippen LogP contribution in [0, 0.1) is 5.92 Å². The monoisotopic (exact) mass is 411 g/mol. The summed E-state index contributed by atoms with van der Waals surface area (Å²) in [7, 11) is -3.53. The molecule has 0 saturated heterocycles. The van der Waals surface area contributed by atoms with E-state index in [1.807, 2.05) is 51.1 Å². The van der Waals surface area contributed by atoms with Crippen molar-refractivity contribution >= 4 is 33.7 Å². The molecule has 0 aliphatic heterocycles. The Bertz CT molecular complexity index is 847. The van der Waals surface area contributed by atoms with Gasteiger partial charge in [-0.3, -0.25) is 4.72 Å². The highest BCUT2D eigenvalue weighted by Gasteiger charge is 2.18. The molecule has 27 heavy (non-hydrogen) atoms. The molecule has 1 aromatic heterocycles. The summed E-state index contributed by atoms with van der Waals surface area (Å²) in [6.45, 7) is 5.84. The summed E-state index contributed by atoms with van der Waals surface area (Å²) in [6, 6.07) is 9.61. The first-order valence-corrected chi connectivity index (χ1v) is 11.3. The third-order valence-electron chi connectivity index (χ3n) is 3.76. The van der Waals surface area contributed by atoms with Crippen LogP contribution >= 0.6 is 11.8 Å². The normalized spacial score (nSPS) is 14.0. The van der Waals surface area contributed by atoms with Crippen LogP contribution in [-0.4, -0.2) is 47.4 Å². The van der Waals surface area contributed by atoms with Crippen molar-refractivity contribution in [1.82, 2.24) is 15.0 Å². The molecule has 148 valence electrons. The maximum absolute atomic E-state index is 11.6. The van der Waals surface area contributed by atoms with E-state index in [1.165, 1.54) is 11.8 Å². The minimum absolute atomic E-state index is 0.0572. The van der Waals surface area contributed by atoms with Gasteiger partial charge in [0.25, 0.3) is 0 Å². The van der Waals surface area contributed by atoms with Crippen LogP contribution in [0.1, 0.15) is 31.6 Å². The average molecular weight is 412 g/mol. The fourth-order valence-corrected chi connectivity index (χ4v) is 3.54. The molecule has 0 amide bonds. The van der Waals surface area contributed by atoms with Gasteiger partial charge in [-0.2, -0.15) is 15.0 Å². The summed E-state index contributed by atoms with van der Waals surface area (Å²) >= 11 is 1.39. The zero-order chi connectivity index (χ0) is 20.0. The van der Waals surface area contributed by atoms with Crippen molar-refractivity contribution < 1.29 is 13.5 Å². The van der Waals surface area contributed by atoms with Gasteiger partial charge < -0.3 is 10.4 Å². The lowest BCUT2D eigenvalue weighted by Gasteiger charge is -2.20. The smallest absolute Gasteiger partial charge is 0.242 e. The van der Waals surface area contributed by atoms with Crippen LogP contribution in [0.15, 0.2) is 35.5 Å². The fraction of sp³-hybridized carbons (Fsp3) is 0.471. The third-order valence-corrected chi connectivity index (χ3v) is 5.33. The van der Waals surface area contributed by atoms with E-state index in [0.717, 1.165) is 11.8 Å². The predicted molar refractivity (Wildman–Crippen MR) is 108 cm³/mol. The number of sulfonamides is 1. The van der Waals surface area contributed by atoms with Crippen LogP contribution in [0.25, 0.3) is 0 Å². The number of aliphatic hydroxyl groups excluding tert-OH is 1. The number of hydrogen-bond acceptors (Lipinski definition) is 8. The van der Waals surface area contributed by atoms with E-state index in [9.17, 15) is 13.5 Å². The Hall–Kier alpha value is -1.91. The summed E-state index contributed by atoms with van der Waals surface area (Å²) in [5.74, 6) is 0.294. The molecular weight excluding hydrogens is 386 g/mol. The van der Waals surface area contributed by atoms with Crippen molar-refractivity contribution in [3.05, 3.63) is 35.9 Å². The van der Waals surface area contributed by atoms with Gasteiger partial charge in [-0.1, -0.05) is 55.9 Å². The average Bonchev–Trinajstić information content (AvgIpc) is 2.58. The van der Waals surface area contributed by atoms with E-state index in [0.29, 0.717) is 5.16 Å². The Morgan fingerprint density at radius 1 is 1.07 bits per heavy atom. The lowest BCUT2D eigenvalue weighted by molar-refractivity contribution is 0.248. The quantitative estimate of drug-likeness (QED) is 0.539. The molecule has 2 rings (SSSR count). The number of hydrogen-bond donors (Lipinski definition) is 3. The van der Waals surface area contributed by atoms with Crippen LogP contribution < -0.4 is 10.0 Å². The number of aliphatic hydroxyl groups is 1. The highest BCUT2D eigenvalue weighted by atomic mass is 32.2.